The fourth-order valence-corrected chi connectivity index (χ4v) is 2.80. The highest BCUT2D eigenvalue weighted by Gasteiger charge is 2.21. The summed E-state index contributed by atoms with van der Waals surface area (Å²) in [5.41, 5.74) is 1.60. The number of amides is 2. The minimum absolute atomic E-state index is 0.0887. The molecule has 130 valence electrons. The number of nitrogens with zero attached hydrogens (tertiary/aromatic N) is 2. The Morgan fingerprint density at radius 3 is 2.92 bits per heavy atom. The summed E-state index contributed by atoms with van der Waals surface area (Å²) in [6.07, 6.45) is 3.15. The van der Waals surface area contributed by atoms with Crippen molar-refractivity contribution in [1.82, 2.24) is 10.3 Å². The van der Waals surface area contributed by atoms with Gasteiger partial charge in [0.2, 0.25) is 5.91 Å². The Balaban J connectivity index is 1.54. The first-order valence-corrected chi connectivity index (χ1v) is 8.37. The summed E-state index contributed by atoms with van der Waals surface area (Å²) in [4.78, 5) is 29.9. The summed E-state index contributed by atoms with van der Waals surface area (Å²) in [6, 6.07) is 12.7. The Morgan fingerprint density at radius 2 is 2.20 bits per heavy atom. The van der Waals surface area contributed by atoms with Gasteiger partial charge in [-0.15, -0.1) is 0 Å². The van der Waals surface area contributed by atoms with Crippen molar-refractivity contribution in [3.05, 3.63) is 54.4 Å². The number of pyridine rings is 1. The van der Waals surface area contributed by atoms with E-state index in [9.17, 15) is 9.59 Å². The van der Waals surface area contributed by atoms with E-state index in [1.54, 1.807) is 23.2 Å². The van der Waals surface area contributed by atoms with Crippen LogP contribution in [0.1, 0.15) is 31.5 Å². The van der Waals surface area contributed by atoms with Crippen molar-refractivity contribution in [2.75, 3.05) is 18.1 Å². The van der Waals surface area contributed by atoms with Gasteiger partial charge in [0.05, 0.1) is 11.7 Å². The van der Waals surface area contributed by atoms with Gasteiger partial charge in [-0.2, -0.15) is 0 Å². The van der Waals surface area contributed by atoms with E-state index >= 15 is 0 Å². The molecule has 1 aliphatic rings. The Labute approximate surface area is 146 Å². The summed E-state index contributed by atoms with van der Waals surface area (Å²) in [6.45, 7) is 2.51. The zero-order valence-corrected chi connectivity index (χ0v) is 14.1. The van der Waals surface area contributed by atoms with Crippen molar-refractivity contribution in [2.45, 2.75) is 25.8 Å². The Bertz CT molecular complexity index is 749. The molecule has 3 rings (SSSR count). The molecule has 1 aromatic carbocycles. The molecule has 2 amide bonds. The molecule has 1 aromatic heterocycles. The molecule has 1 saturated heterocycles. The zero-order chi connectivity index (χ0) is 17.6. The minimum Gasteiger partial charge on any atom is -0.484 e. The van der Waals surface area contributed by atoms with Crippen molar-refractivity contribution in [1.29, 1.82) is 0 Å². The molecule has 0 saturated carbocycles. The number of carbonyl (C=O) groups is 2. The first kappa shape index (κ1) is 17.0. The lowest BCUT2D eigenvalue weighted by atomic mass is 10.2. The predicted octanol–water partition coefficient (Wildman–Crippen LogP) is 2.46. The monoisotopic (exact) mass is 339 g/mol. The quantitative estimate of drug-likeness (QED) is 0.877. The van der Waals surface area contributed by atoms with E-state index in [2.05, 4.69) is 10.3 Å². The van der Waals surface area contributed by atoms with Crippen molar-refractivity contribution in [3.8, 4) is 5.75 Å². The van der Waals surface area contributed by atoms with E-state index in [1.165, 1.54) is 0 Å². The third kappa shape index (κ3) is 4.35. The van der Waals surface area contributed by atoms with Gasteiger partial charge >= 0.3 is 0 Å². The number of hydrogen-bond acceptors (Lipinski definition) is 4. The highest BCUT2D eigenvalue weighted by molar-refractivity contribution is 5.95. The van der Waals surface area contributed by atoms with Crippen LogP contribution in [0.25, 0.3) is 0 Å². The second-order valence-corrected chi connectivity index (χ2v) is 5.98. The molecule has 1 atom stereocenters. The van der Waals surface area contributed by atoms with Crippen LogP contribution in [0.2, 0.25) is 0 Å². The molecule has 0 bridgehead atoms. The normalized spacial score (nSPS) is 15.1. The molecular formula is C19H21N3O3. The molecule has 0 spiro atoms. The average Bonchev–Trinajstić information content (AvgIpc) is 3.07. The maximum atomic E-state index is 12.1. The molecule has 25 heavy (non-hydrogen) atoms. The van der Waals surface area contributed by atoms with Crippen LogP contribution in [0.4, 0.5) is 5.69 Å². The number of benzene rings is 1. The van der Waals surface area contributed by atoms with Crippen LogP contribution >= 0.6 is 0 Å². The SMILES string of the molecule is C[C@@H](NC(=O)COc1cccc(N2CCCC2=O)c1)c1ccccn1. The van der Waals surface area contributed by atoms with Crippen molar-refractivity contribution in [3.63, 3.8) is 0 Å². The summed E-state index contributed by atoms with van der Waals surface area (Å²) in [5, 5.41) is 2.85. The van der Waals surface area contributed by atoms with Gasteiger partial charge in [-0.1, -0.05) is 12.1 Å². The number of carbonyl (C=O) groups excluding carboxylic acids is 2. The topological polar surface area (TPSA) is 71.5 Å². The van der Waals surface area contributed by atoms with Crippen molar-refractivity contribution >= 4 is 17.5 Å². The van der Waals surface area contributed by atoms with Gasteiger partial charge in [-0.25, -0.2) is 0 Å². The fraction of sp³-hybridized carbons (Fsp3) is 0.316. The van der Waals surface area contributed by atoms with Crippen molar-refractivity contribution < 1.29 is 14.3 Å². The summed E-state index contributed by atoms with van der Waals surface area (Å²) in [5.74, 6) is 0.470. The van der Waals surface area contributed by atoms with E-state index in [1.807, 2.05) is 37.3 Å². The van der Waals surface area contributed by atoms with Gasteiger partial charge in [0.15, 0.2) is 6.61 Å². The predicted molar refractivity (Wildman–Crippen MR) is 94.3 cm³/mol. The van der Waals surface area contributed by atoms with E-state index in [0.717, 1.165) is 24.3 Å². The van der Waals surface area contributed by atoms with Crippen LogP contribution in [0, 0.1) is 0 Å². The maximum Gasteiger partial charge on any atom is 0.258 e. The molecule has 0 aliphatic carbocycles. The molecule has 2 aromatic rings. The van der Waals surface area contributed by atoms with Crippen LogP contribution in [-0.2, 0) is 9.59 Å². The fourth-order valence-electron chi connectivity index (χ4n) is 2.80. The van der Waals surface area contributed by atoms with Gasteiger partial charge in [0.1, 0.15) is 5.75 Å². The van der Waals surface area contributed by atoms with Gasteiger partial charge in [0.25, 0.3) is 5.91 Å². The minimum atomic E-state index is -0.221. The number of aromatic nitrogens is 1. The van der Waals surface area contributed by atoms with Gasteiger partial charge in [-0.05, 0) is 37.6 Å². The zero-order valence-electron chi connectivity index (χ0n) is 14.1. The van der Waals surface area contributed by atoms with Crippen molar-refractivity contribution in [2.24, 2.45) is 0 Å². The number of hydrogen-bond donors (Lipinski definition) is 1. The summed E-state index contributed by atoms with van der Waals surface area (Å²) < 4.78 is 5.57. The molecule has 6 nitrogen and oxygen atoms in total. The summed E-state index contributed by atoms with van der Waals surface area (Å²) >= 11 is 0. The van der Waals surface area contributed by atoms with E-state index in [0.29, 0.717) is 12.2 Å². The van der Waals surface area contributed by atoms with Crippen LogP contribution < -0.4 is 15.0 Å². The average molecular weight is 339 g/mol. The first-order chi connectivity index (χ1) is 12.1. The highest BCUT2D eigenvalue weighted by Crippen LogP contribution is 2.25. The Morgan fingerprint density at radius 1 is 1.32 bits per heavy atom. The second kappa shape index (κ2) is 7.79. The standard InChI is InChI=1S/C19H21N3O3/c1-14(17-8-2-3-10-20-17)21-18(23)13-25-16-7-4-6-15(12-16)22-11-5-9-19(22)24/h2-4,6-8,10,12,14H,5,9,11,13H2,1H3,(H,21,23)/t14-/m1/s1. The molecule has 2 heterocycles. The second-order valence-electron chi connectivity index (χ2n) is 5.98. The Hall–Kier alpha value is -2.89. The van der Waals surface area contributed by atoms with Crippen LogP contribution in [-0.4, -0.2) is 29.9 Å². The lowest BCUT2D eigenvalue weighted by Gasteiger charge is -2.17. The van der Waals surface area contributed by atoms with E-state index in [-0.39, 0.29) is 24.5 Å². The number of ether oxygens (including phenoxy) is 1. The van der Waals surface area contributed by atoms with E-state index < -0.39 is 0 Å². The molecule has 0 radical (unpaired) electrons. The van der Waals surface area contributed by atoms with Crippen LogP contribution in [0.3, 0.4) is 0 Å². The van der Waals surface area contributed by atoms with Gasteiger partial charge in [-0.3, -0.25) is 14.6 Å². The molecule has 6 heteroatoms. The number of anilines is 1. The van der Waals surface area contributed by atoms with Gasteiger partial charge in [0, 0.05) is 30.9 Å². The van der Waals surface area contributed by atoms with Crippen LogP contribution in [0.15, 0.2) is 48.7 Å². The lowest BCUT2D eigenvalue weighted by molar-refractivity contribution is -0.123. The molecule has 1 fully saturated rings. The number of rotatable bonds is 6. The lowest BCUT2D eigenvalue weighted by Crippen LogP contribution is -2.31. The van der Waals surface area contributed by atoms with Gasteiger partial charge < -0.3 is 15.0 Å². The van der Waals surface area contributed by atoms with E-state index in [4.69, 9.17) is 4.74 Å². The molecule has 0 unspecified atom stereocenters. The third-order valence-corrected chi connectivity index (χ3v) is 4.08. The highest BCUT2D eigenvalue weighted by atomic mass is 16.5. The third-order valence-electron chi connectivity index (χ3n) is 4.08. The Kier molecular flexibility index (Phi) is 5.28. The number of nitrogens with one attached hydrogen (secondary N) is 1. The largest absolute Gasteiger partial charge is 0.484 e. The molecule has 1 N–H and O–H groups in total. The molecule has 1 aliphatic heterocycles. The smallest absolute Gasteiger partial charge is 0.258 e. The first-order valence-electron chi connectivity index (χ1n) is 8.37. The molecular weight excluding hydrogens is 318 g/mol. The summed E-state index contributed by atoms with van der Waals surface area (Å²) in [7, 11) is 0. The van der Waals surface area contributed by atoms with Crippen LogP contribution in [0.5, 0.6) is 5.75 Å². The maximum absolute atomic E-state index is 12.1.